The van der Waals surface area contributed by atoms with Gasteiger partial charge in [-0.2, -0.15) is 31.3 Å². The first-order chi connectivity index (χ1) is 12.0. The molecular weight excluding hydrogens is 432 g/mol. The van der Waals surface area contributed by atoms with Gasteiger partial charge in [0.05, 0.1) is 0 Å². The lowest BCUT2D eigenvalue weighted by Crippen LogP contribution is -2.24. The monoisotopic (exact) mass is 443 g/mol. The standard InChI is InChI=1S/C15H12BrF6N3O/c1-2-25(10-5-3-4-9(16)6-10)13-23-7-11(15(20,21)22)12(24-13)26-8-14(17,18)19/h3-7H,2,8H2,1H3. The Bertz CT molecular complexity index is 766. The molecule has 4 nitrogen and oxygen atoms in total. The van der Waals surface area contributed by atoms with Crippen LogP contribution in [-0.2, 0) is 6.18 Å². The van der Waals surface area contributed by atoms with Crippen molar-refractivity contribution in [2.24, 2.45) is 0 Å². The van der Waals surface area contributed by atoms with E-state index in [0.29, 0.717) is 16.4 Å². The summed E-state index contributed by atoms with van der Waals surface area (Å²) in [4.78, 5) is 8.66. The van der Waals surface area contributed by atoms with E-state index in [0.717, 1.165) is 0 Å². The average Bonchev–Trinajstić information content (AvgIpc) is 2.52. The van der Waals surface area contributed by atoms with E-state index in [-0.39, 0.29) is 12.5 Å². The first-order valence-electron chi connectivity index (χ1n) is 7.18. The van der Waals surface area contributed by atoms with Crippen LogP contribution in [0.5, 0.6) is 5.88 Å². The highest BCUT2D eigenvalue weighted by Crippen LogP contribution is 2.37. The Morgan fingerprint density at radius 2 is 1.85 bits per heavy atom. The average molecular weight is 444 g/mol. The number of rotatable bonds is 5. The number of aromatic nitrogens is 2. The predicted octanol–water partition coefficient (Wildman–Crippen LogP) is 5.36. The summed E-state index contributed by atoms with van der Waals surface area (Å²) in [7, 11) is 0. The SMILES string of the molecule is CCN(c1cccc(Br)c1)c1ncc(C(F)(F)F)c(OCC(F)(F)F)n1. The van der Waals surface area contributed by atoms with E-state index in [1.165, 1.54) is 4.90 Å². The van der Waals surface area contributed by atoms with Crippen LogP contribution in [-0.4, -0.2) is 29.3 Å². The Balaban J connectivity index is 2.45. The Labute approximate surface area is 152 Å². The molecule has 1 aromatic heterocycles. The summed E-state index contributed by atoms with van der Waals surface area (Å²) in [6, 6.07) is 6.75. The fourth-order valence-electron chi connectivity index (χ4n) is 2.03. The third-order valence-electron chi connectivity index (χ3n) is 3.10. The zero-order chi connectivity index (χ0) is 19.5. The van der Waals surface area contributed by atoms with E-state index < -0.39 is 30.4 Å². The molecule has 0 N–H and O–H groups in total. The molecule has 2 rings (SSSR count). The summed E-state index contributed by atoms with van der Waals surface area (Å²) < 4.78 is 81.0. The summed E-state index contributed by atoms with van der Waals surface area (Å²) in [5, 5.41) is 0. The van der Waals surface area contributed by atoms with Gasteiger partial charge in [-0.3, -0.25) is 0 Å². The van der Waals surface area contributed by atoms with Gasteiger partial charge in [-0.15, -0.1) is 0 Å². The molecular formula is C15H12BrF6N3O. The Morgan fingerprint density at radius 3 is 2.38 bits per heavy atom. The maximum atomic E-state index is 13.0. The van der Waals surface area contributed by atoms with Crippen LogP contribution in [0.25, 0.3) is 0 Å². The summed E-state index contributed by atoms with van der Waals surface area (Å²) >= 11 is 3.27. The van der Waals surface area contributed by atoms with Gasteiger partial charge in [0.15, 0.2) is 6.61 Å². The van der Waals surface area contributed by atoms with Gasteiger partial charge < -0.3 is 9.64 Å². The summed E-state index contributed by atoms with van der Waals surface area (Å²) in [6.07, 6.45) is -9.34. The van der Waals surface area contributed by atoms with E-state index >= 15 is 0 Å². The molecule has 0 unspecified atom stereocenters. The van der Waals surface area contributed by atoms with Crippen molar-refractivity contribution in [1.82, 2.24) is 9.97 Å². The third-order valence-corrected chi connectivity index (χ3v) is 3.59. The molecule has 1 heterocycles. The van der Waals surface area contributed by atoms with Crippen LogP contribution in [0.15, 0.2) is 34.9 Å². The maximum absolute atomic E-state index is 13.0. The molecule has 0 fully saturated rings. The van der Waals surface area contributed by atoms with Gasteiger partial charge in [-0.1, -0.05) is 22.0 Å². The van der Waals surface area contributed by atoms with Crippen LogP contribution in [0.4, 0.5) is 38.0 Å². The van der Waals surface area contributed by atoms with E-state index in [9.17, 15) is 26.3 Å². The highest BCUT2D eigenvalue weighted by Gasteiger charge is 2.38. The fraction of sp³-hybridized carbons (Fsp3) is 0.333. The molecule has 1 aromatic carbocycles. The number of ether oxygens (including phenoxy) is 1. The molecule has 0 atom stereocenters. The lowest BCUT2D eigenvalue weighted by Gasteiger charge is -2.22. The first-order valence-corrected chi connectivity index (χ1v) is 7.97. The van der Waals surface area contributed by atoms with Gasteiger partial charge in [0.2, 0.25) is 11.8 Å². The lowest BCUT2D eigenvalue weighted by atomic mass is 10.3. The normalized spacial score (nSPS) is 12.2. The van der Waals surface area contributed by atoms with E-state index in [2.05, 4.69) is 30.6 Å². The smallest absolute Gasteiger partial charge is 0.423 e. The minimum absolute atomic E-state index is 0.212. The Morgan fingerprint density at radius 1 is 1.15 bits per heavy atom. The van der Waals surface area contributed by atoms with Crippen molar-refractivity contribution >= 4 is 27.6 Å². The van der Waals surface area contributed by atoms with Crippen molar-refractivity contribution in [2.45, 2.75) is 19.3 Å². The minimum atomic E-state index is -4.95. The molecule has 0 aliphatic carbocycles. The van der Waals surface area contributed by atoms with Crippen LogP contribution in [0, 0.1) is 0 Å². The maximum Gasteiger partial charge on any atom is 0.423 e. The van der Waals surface area contributed by atoms with Crippen molar-refractivity contribution in [3.05, 3.63) is 40.5 Å². The van der Waals surface area contributed by atoms with Crippen molar-refractivity contribution < 1.29 is 31.1 Å². The van der Waals surface area contributed by atoms with Crippen LogP contribution < -0.4 is 9.64 Å². The van der Waals surface area contributed by atoms with Crippen molar-refractivity contribution in [1.29, 1.82) is 0 Å². The zero-order valence-electron chi connectivity index (χ0n) is 13.2. The number of halogens is 7. The quantitative estimate of drug-likeness (QED) is 0.583. The third kappa shape index (κ3) is 5.23. The van der Waals surface area contributed by atoms with Gasteiger partial charge in [-0.05, 0) is 25.1 Å². The van der Waals surface area contributed by atoms with E-state index in [1.54, 1.807) is 31.2 Å². The van der Waals surface area contributed by atoms with Crippen molar-refractivity contribution in [2.75, 3.05) is 18.1 Å². The first kappa shape index (κ1) is 20.3. The van der Waals surface area contributed by atoms with Gasteiger partial charge >= 0.3 is 12.4 Å². The highest BCUT2D eigenvalue weighted by atomic mass is 79.9. The number of nitrogens with zero attached hydrogens (tertiary/aromatic N) is 3. The second-order valence-electron chi connectivity index (χ2n) is 5.01. The van der Waals surface area contributed by atoms with Crippen molar-refractivity contribution in [3.8, 4) is 5.88 Å². The Kier molecular flexibility index (Phi) is 5.99. The number of alkyl halides is 6. The number of benzene rings is 1. The van der Waals surface area contributed by atoms with Crippen molar-refractivity contribution in [3.63, 3.8) is 0 Å². The number of hydrogen-bond donors (Lipinski definition) is 0. The minimum Gasteiger partial charge on any atom is -0.467 e. The van der Waals surface area contributed by atoms with Gasteiger partial charge in [0.1, 0.15) is 5.56 Å². The number of anilines is 2. The molecule has 142 valence electrons. The van der Waals surface area contributed by atoms with E-state index in [1.807, 2.05) is 0 Å². The molecule has 2 aromatic rings. The summed E-state index contributed by atoms with van der Waals surface area (Å²) in [6.45, 7) is 0.0637. The molecule has 0 aliphatic heterocycles. The molecule has 0 radical (unpaired) electrons. The number of hydrogen-bond acceptors (Lipinski definition) is 4. The summed E-state index contributed by atoms with van der Waals surface area (Å²) in [5.41, 5.74) is -0.931. The highest BCUT2D eigenvalue weighted by molar-refractivity contribution is 9.10. The topological polar surface area (TPSA) is 38.2 Å². The van der Waals surface area contributed by atoms with Crippen LogP contribution in [0.1, 0.15) is 12.5 Å². The predicted molar refractivity (Wildman–Crippen MR) is 85.4 cm³/mol. The lowest BCUT2D eigenvalue weighted by molar-refractivity contribution is -0.159. The molecule has 0 amide bonds. The second kappa shape index (κ2) is 7.68. The van der Waals surface area contributed by atoms with Gasteiger partial charge in [-0.25, -0.2) is 4.98 Å². The largest absolute Gasteiger partial charge is 0.467 e. The summed E-state index contributed by atoms with van der Waals surface area (Å²) in [5.74, 6) is -1.39. The molecule has 0 spiro atoms. The fourth-order valence-corrected chi connectivity index (χ4v) is 2.41. The molecule has 0 saturated carbocycles. The molecule has 26 heavy (non-hydrogen) atoms. The Hall–Kier alpha value is -2.04. The molecule has 11 heteroatoms. The molecule has 0 bridgehead atoms. The van der Waals surface area contributed by atoms with E-state index in [4.69, 9.17) is 0 Å². The van der Waals surface area contributed by atoms with Crippen LogP contribution in [0.2, 0.25) is 0 Å². The van der Waals surface area contributed by atoms with Gasteiger partial charge in [0.25, 0.3) is 0 Å². The van der Waals surface area contributed by atoms with Crippen LogP contribution in [0.3, 0.4) is 0 Å². The van der Waals surface area contributed by atoms with Gasteiger partial charge in [0, 0.05) is 22.9 Å². The zero-order valence-corrected chi connectivity index (χ0v) is 14.8. The molecule has 0 aliphatic rings. The van der Waals surface area contributed by atoms with Crippen LogP contribution >= 0.6 is 15.9 Å². The molecule has 0 saturated heterocycles. The second-order valence-corrected chi connectivity index (χ2v) is 5.93.